The number of hydrogen-bond donors (Lipinski definition) is 1. The third-order valence-electron chi connectivity index (χ3n) is 5.06. The third kappa shape index (κ3) is 1.34. The summed E-state index contributed by atoms with van der Waals surface area (Å²) < 4.78 is 19.9. The van der Waals surface area contributed by atoms with Crippen LogP contribution >= 0.6 is 0 Å². The molecule has 0 aromatic heterocycles. The number of nitrogens with one attached hydrogen (secondary N) is 1. The predicted molar refractivity (Wildman–Crippen MR) is 72.6 cm³/mol. The maximum Gasteiger partial charge on any atom is 0.149 e. The van der Waals surface area contributed by atoms with Gasteiger partial charge >= 0.3 is 0 Å². The number of rotatable bonds is 0. The smallest absolute Gasteiger partial charge is 0.149 e. The monoisotopic (exact) mass is 259 g/mol. The molecule has 19 heavy (non-hydrogen) atoms. The van der Waals surface area contributed by atoms with Gasteiger partial charge in [-0.05, 0) is 49.4 Å². The average Bonchev–Trinajstić information content (AvgIpc) is 2.69. The Hall–Kier alpha value is -1.35. The van der Waals surface area contributed by atoms with Crippen LogP contribution in [0.4, 0.5) is 10.1 Å². The van der Waals surface area contributed by atoms with Crippen molar-refractivity contribution in [2.24, 2.45) is 0 Å². The Morgan fingerprint density at radius 1 is 1.26 bits per heavy atom. The number of anilines is 1. The van der Waals surface area contributed by atoms with Crippen LogP contribution < -0.4 is 5.32 Å². The van der Waals surface area contributed by atoms with Crippen molar-refractivity contribution in [2.75, 3.05) is 11.9 Å². The molecule has 2 nitrogen and oxygen atoms in total. The van der Waals surface area contributed by atoms with E-state index in [1.807, 2.05) is 6.07 Å². The molecule has 0 unspecified atom stereocenters. The second-order valence-corrected chi connectivity index (χ2v) is 6.15. The van der Waals surface area contributed by atoms with Crippen LogP contribution in [0.5, 0.6) is 0 Å². The van der Waals surface area contributed by atoms with Gasteiger partial charge in [0.15, 0.2) is 0 Å². The lowest BCUT2D eigenvalue weighted by atomic mass is 9.61. The van der Waals surface area contributed by atoms with Gasteiger partial charge in [0, 0.05) is 11.1 Å². The largest absolute Gasteiger partial charge is 0.357 e. The van der Waals surface area contributed by atoms with Crippen molar-refractivity contribution >= 4 is 5.69 Å². The number of benzene rings is 1. The van der Waals surface area contributed by atoms with Crippen molar-refractivity contribution in [2.45, 2.75) is 43.2 Å². The third-order valence-corrected chi connectivity index (χ3v) is 5.06. The molecule has 0 amide bonds. The molecule has 1 saturated heterocycles. The van der Waals surface area contributed by atoms with E-state index in [1.165, 1.54) is 12.5 Å². The molecule has 100 valence electrons. The zero-order valence-corrected chi connectivity index (χ0v) is 11.0. The zero-order chi connectivity index (χ0) is 13.1. The molecular weight excluding hydrogens is 241 g/mol. The van der Waals surface area contributed by atoms with Crippen LogP contribution in [-0.4, -0.2) is 12.3 Å². The molecule has 4 rings (SSSR count). The lowest BCUT2D eigenvalue weighted by Gasteiger charge is -2.52. The van der Waals surface area contributed by atoms with Gasteiger partial charge in [0.05, 0.1) is 6.61 Å². The van der Waals surface area contributed by atoms with Crippen molar-refractivity contribution in [3.8, 4) is 0 Å². The molecule has 2 atom stereocenters. The van der Waals surface area contributed by atoms with Gasteiger partial charge in [-0.3, -0.25) is 0 Å². The van der Waals surface area contributed by atoms with Crippen LogP contribution in [0.25, 0.3) is 0 Å². The SMILES string of the molecule is C=C1CO[C@@]23CCCC[C@]2(C1)c1cc(F)ccc1N3. The van der Waals surface area contributed by atoms with Crippen molar-refractivity contribution in [3.63, 3.8) is 0 Å². The maximum absolute atomic E-state index is 13.7. The van der Waals surface area contributed by atoms with Gasteiger partial charge in [0.1, 0.15) is 11.5 Å². The van der Waals surface area contributed by atoms with Gasteiger partial charge in [-0.15, -0.1) is 0 Å². The molecule has 1 N–H and O–H groups in total. The van der Waals surface area contributed by atoms with Gasteiger partial charge in [0.25, 0.3) is 0 Å². The Balaban J connectivity index is 1.94. The highest BCUT2D eigenvalue weighted by Crippen LogP contribution is 2.60. The fraction of sp³-hybridized carbons (Fsp3) is 0.500. The molecule has 2 heterocycles. The Morgan fingerprint density at radius 2 is 2.11 bits per heavy atom. The minimum absolute atomic E-state index is 0.113. The van der Waals surface area contributed by atoms with E-state index in [-0.39, 0.29) is 17.0 Å². The molecule has 2 fully saturated rings. The van der Waals surface area contributed by atoms with Crippen LogP contribution in [0.3, 0.4) is 0 Å². The first-order chi connectivity index (χ1) is 9.15. The highest BCUT2D eigenvalue weighted by atomic mass is 19.1. The van der Waals surface area contributed by atoms with Gasteiger partial charge < -0.3 is 10.1 Å². The normalized spacial score (nSPS) is 36.2. The quantitative estimate of drug-likeness (QED) is 0.717. The molecular formula is C16H18FNO. The molecule has 0 spiro atoms. The number of hydrogen-bond acceptors (Lipinski definition) is 2. The number of fused-ring (bicyclic) bond motifs is 1. The van der Waals surface area contributed by atoms with Crippen LogP contribution in [-0.2, 0) is 10.2 Å². The van der Waals surface area contributed by atoms with Crippen molar-refractivity contribution < 1.29 is 9.13 Å². The molecule has 1 aromatic rings. The molecule has 2 aliphatic heterocycles. The summed E-state index contributed by atoms with van der Waals surface area (Å²) in [6.45, 7) is 4.72. The van der Waals surface area contributed by atoms with Gasteiger partial charge in [-0.1, -0.05) is 18.6 Å². The van der Waals surface area contributed by atoms with Crippen LogP contribution in [0, 0.1) is 5.82 Å². The minimum atomic E-state index is -0.331. The van der Waals surface area contributed by atoms with E-state index >= 15 is 0 Å². The second kappa shape index (κ2) is 3.60. The summed E-state index contributed by atoms with van der Waals surface area (Å²) in [6, 6.07) is 5.07. The first kappa shape index (κ1) is 11.5. The Bertz CT molecular complexity index is 570. The fourth-order valence-electron chi connectivity index (χ4n) is 4.29. The van der Waals surface area contributed by atoms with E-state index in [4.69, 9.17) is 4.74 Å². The lowest BCUT2D eigenvalue weighted by Crippen LogP contribution is -2.59. The Morgan fingerprint density at radius 3 is 3.00 bits per heavy atom. The van der Waals surface area contributed by atoms with Gasteiger partial charge in [-0.2, -0.15) is 0 Å². The summed E-state index contributed by atoms with van der Waals surface area (Å²) in [7, 11) is 0. The highest BCUT2D eigenvalue weighted by molar-refractivity contribution is 5.65. The van der Waals surface area contributed by atoms with Crippen LogP contribution in [0.15, 0.2) is 30.4 Å². The first-order valence-electron chi connectivity index (χ1n) is 7.04. The fourth-order valence-corrected chi connectivity index (χ4v) is 4.29. The molecule has 3 aliphatic rings. The van der Waals surface area contributed by atoms with E-state index in [2.05, 4.69) is 11.9 Å². The molecule has 0 bridgehead atoms. The zero-order valence-electron chi connectivity index (χ0n) is 11.0. The lowest BCUT2D eigenvalue weighted by molar-refractivity contribution is -0.111. The molecule has 3 heteroatoms. The Labute approximate surface area is 112 Å². The highest BCUT2D eigenvalue weighted by Gasteiger charge is 2.61. The molecule has 1 aliphatic carbocycles. The molecule has 1 saturated carbocycles. The summed E-state index contributed by atoms with van der Waals surface area (Å²) in [4.78, 5) is 0. The van der Waals surface area contributed by atoms with Crippen molar-refractivity contribution in [3.05, 3.63) is 41.7 Å². The van der Waals surface area contributed by atoms with E-state index in [1.54, 1.807) is 6.07 Å². The summed E-state index contributed by atoms with van der Waals surface area (Å²) >= 11 is 0. The van der Waals surface area contributed by atoms with Gasteiger partial charge in [-0.25, -0.2) is 4.39 Å². The van der Waals surface area contributed by atoms with E-state index in [9.17, 15) is 4.39 Å². The van der Waals surface area contributed by atoms with E-state index in [0.717, 1.165) is 42.5 Å². The summed E-state index contributed by atoms with van der Waals surface area (Å²) in [6.07, 6.45) is 5.30. The molecule has 1 aromatic carbocycles. The van der Waals surface area contributed by atoms with Crippen molar-refractivity contribution in [1.29, 1.82) is 0 Å². The van der Waals surface area contributed by atoms with Gasteiger partial charge in [0.2, 0.25) is 0 Å². The maximum atomic E-state index is 13.7. The second-order valence-electron chi connectivity index (χ2n) is 6.15. The van der Waals surface area contributed by atoms with E-state index in [0.29, 0.717) is 6.61 Å². The van der Waals surface area contributed by atoms with E-state index < -0.39 is 0 Å². The topological polar surface area (TPSA) is 21.3 Å². The van der Waals surface area contributed by atoms with Crippen LogP contribution in [0.2, 0.25) is 0 Å². The first-order valence-corrected chi connectivity index (χ1v) is 7.04. The number of halogens is 1. The standard InChI is InChI=1S/C16H18FNO/c1-11-9-15-6-2-3-7-16(15,19-10-11)18-14-5-4-12(17)8-13(14)15/h4-5,8,18H,1-3,6-7,9-10H2/t15-,16-/m0/s1. The minimum Gasteiger partial charge on any atom is -0.357 e. The predicted octanol–water partition coefficient (Wildman–Crippen LogP) is 3.74. The Kier molecular flexibility index (Phi) is 2.17. The summed E-state index contributed by atoms with van der Waals surface area (Å²) in [5.41, 5.74) is 2.81. The summed E-state index contributed by atoms with van der Waals surface area (Å²) in [5, 5.41) is 3.56. The summed E-state index contributed by atoms with van der Waals surface area (Å²) in [5.74, 6) is -0.160. The average molecular weight is 259 g/mol. The molecule has 0 radical (unpaired) electrons. The number of ether oxygens (including phenoxy) is 1. The van der Waals surface area contributed by atoms with Crippen molar-refractivity contribution in [1.82, 2.24) is 0 Å². The van der Waals surface area contributed by atoms with Crippen LogP contribution in [0.1, 0.15) is 37.7 Å².